The van der Waals surface area contributed by atoms with Crippen molar-refractivity contribution in [2.24, 2.45) is 11.7 Å². The van der Waals surface area contributed by atoms with Crippen LogP contribution < -0.4 is 11.1 Å². The maximum absolute atomic E-state index is 11.2. The number of methoxy groups -OCH3 is 1. The number of nitrogens with one attached hydrogen (secondary N) is 1. The van der Waals surface area contributed by atoms with Gasteiger partial charge in [-0.15, -0.1) is 0 Å². The largest absolute Gasteiger partial charge is 0.383 e. The van der Waals surface area contributed by atoms with Gasteiger partial charge in [0.25, 0.3) is 0 Å². The van der Waals surface area contributed by atoms with Gasteiger partial charge in [0.15, 0.2) is 0 Å². The number of rotatable bonds is 5. The van der Waals surface area contributed by atoms with Crippen molar-refractivity contribution in [1.29, 1.82) is 0 Å². The van der Waals surface area contributed by atoms with Gasteiger partial charge >= 0.3 is 0 Å². The minimum absolute atomic E-state index is 0.0449. The number of hydrogen-bond donors (Lipinski definition) is 2. The van der Waals surface area contributed by atoms with E-state index < -0.39 is 6.04 Å². The smallest absolute Gasteiger partial charge is 0.236 e. The monoisotopic (exact) mass is 188 g/mol. The van der Waals surface area contributed by atoms with Gasteiger partial charge in [-0.25, -0.2) is 0 Å². The minimum atomic E-state index is -0.460. The highest BCUT2D eigenvalue weighted by molar-refractivity contribution is 5.81. The van der Waals surface area contributed by atoms with Crippen LogP contribution in [0.25, 0.3) is 0 Å². The topological polar surface area (TPSA) is 64.3 Å². The second-order valence-corrected chi connectivity index (χ2v) is 3.60. The van der Waals surface area contributed by atoms with Crippen LogP contribution in [0.5, 0.6) is 0 Å². The van der Waals surface area contributed by atoms with E-state index in [4.69, 9.17) is 10.5 Å². The van der Waals surface area contributed by atoms with Crippen LogP contribution in [0.15, 0.2) is 0 Å². The molecule has 0 aliphatic rings. The Balaban J connectivity index is 4.02. The SMILES string of the molecule is COCC(NC(=O)[C@@H](C)N)C(C)C. The normalized spacial score (nSPS) is 15.5. The van der Waals surface area contributed by atoms with Crippen LogP contribution >= 0.6 is 0 Å². The van der Waals surface area contributed by atoms with Crippen molar-refractivity contribution in [3.8, 4) is 0 Å². The fourth-order valence-electron chi connectivity index (χ4n) is 0.895. The van der Waals surface area contributed by atoms with E-state index in [0.717, 1.165) is 0 Å². The second kappa shape index (κ2) is 5.94. The van der Waals surface area contributed by atoms with Gasteiger partial charge < -0.3 is 15.8 Å². The van der Waals surface area contributed by atoms with Gasteiger partial charge in [-0.05, 0) is 12.8 Å². The van der Waals surface area contributed by atoms with E-state index in [1.165, 1.54) is 0 Å². The van der Waals surface area contributed by atoms with Gasteiger partial charge in [-0.3, -0.25) is 4.79 Å². The first-order valence-corrected chi connectivity index (χ1v) is 4.54. The molecule has 1 unspecified atom stereocenters. The van der Waals surface area contributed by atoms with Crippen molar-refractivity contribution in [2.45, 2.75) is 32.9 Å². The Bertz CT molecular complexity index is 158. The molecule has 0 bridgehead atoms. The number of amides is 1. The van der Waals surface area contributed by atoms with Crippen LogP contribution in [0.2, 0.25) is 0 Å². The average molecular weight is 188 g/mol. The van der Waals surface area contributed by atoms with Crippen molar-refractivity contribution < 1.29 is 9.53 Å². The molecule has 2 atom stereocenters. The second-order valence-electron chi connectivity index (χ2n) is 3.60. The number of carbonyl (C=O) groups excluding carboxylic acids is 1. The Kier molecular flexibility index (Phi) is 5.66. The van der Waals surface area contributed by atoms with E-state index in [0.29, 0.717) is 12.5 Å². The van der Waals surface area contributed by atoms with Crippen LogP contribution in [0, 0.1) is 5.92 Å². The first kappa shape index (κ1) is 12.4. The molecule has 78 valence electrons. The molecule has 0 fully saturated rings. The van der Waals surface area contributed by atoms with E-state index in [-0.39, 0.29) is 11.9 Å². The molecule has 0 aliphatic heterocycles. The molecule has 0 radical (unpaired) electrons. The Morgan fingerprint density at radius 2 is 2.00 bits per heavy atom. The highest BCUT2D eigenvalue weighted by atomic mass is 16.5. The molecule has 3 N–H and O–H groups in total. The third-order valence-corrected chi connectivity index (χ3v) is 1.89. The number of carbonyl (C=O) groups is 1. The summed E-state index contributed by atoms with van der Waals surface area (Å²) in [6.07, 6.45) is 0. The highest BCUT2D eigenvalue weighted by Crippen LogP contribution is 2.01. The molecule has 0 aliphatic carbocycles. The molecule has 13 heavy (non-hydrogen) atoms. The summed E-state index contributed by atoms with van der Waals surface area (Å²) in [5.41, 5.74) is 5.43. The minimum Gasteiger partial charge on any atom is -0.383 e. The van der Waals surface area contributed by atoms with Crippen molar-refractivity contribution >= 4 is 5.91 Å². The summed E-state index contributed by atoms with van der Waals surface area (Å²) in [4.78, 5) is 11.2. The Morgan fingerprint density at radius 1 is 1.46 bits per heavy atom. The van der Waals surface area contributed by atoms with E-state index in [1.807, 2.05) is 13.8 Å². The van der Waals surface area contributed by atoms with E-state index in [2.05, 4.69) is 5.32 Å². The average Bonchev–Trinajstić information content (AvgIpc) is 2.03. The lowest BCUT2D eigenvalue weighted by Crippen LogP contribution is -2.47. The lowest BCUT2D eigenvalue weighted by Gasteiger charge is -2.22. The van der Waals surface area contributed by atoms with Crippen molar-refractivity contribution in [1.82, 2.24) is 5.32 Å². The van der Waals surface area contributed by atoms with Crippen LogP contribution in [-0.4, -0.2) is 31.7 Å². The highest BCUT2D eigenvalue weighted by Gasteiger charge is 2.17. The van der Waals surface area contributed by atoms with Crippen LogP contribution in [0.1, 0.15) is 20.8 Å². The molecule has 0 saturated carbocycles. The molecule has 0 saturated heterocycles. The molecule has 1 amide bonds. The van der Waals surface area contributed by atoms with Crippen molar-refractivity contribution in [3.63, 3.8) is 0 Å². The molecule has 4 nitrogen and oxygen atoms in total. The first-order chi connectivity index (χ1) is 5.99. The fourth-order valence-corrected chi connectivity index (χ4v) is 0.895. The maximum Gasteiger partial charge on any atom is 0.236 e. The van der Waals surface area contributed by atoms with Crippen LogP contribution in [0.3, 0.4) is 0 Å². The van der Waals surface area contributed by atoms with Gasteiger partial charge in [-0.2, -0.15) is 0 Å². The third-order valence-electron chi connectivity index (χ3n) is 1.89. The predicted octanol–water partition coefficient (Wildman–Crippen LogP) is 0.121. The summed E-state index contributed by atoms with van der Waals surface area (Å²) in [7, 11) is 1.62. The van der Waals surface area contributed by atoms with Gasteiger partial charge in [0.05, 0.1) is 18.7 Å². The fraction of sp³-hybridized carbons (Fsp3) is 0.889. The van der Waals surface area contributed by atoms with Crippen molar-refractivity contribution in [2.75, 3.05) is 13.7 Å². The quantitative estimate of drug-likeness (QED) is 0.644. The molecule has 0 aromatic heterocycles. The molecular formula is C9H20N2O2. The number of ether oxygens (including phenoxy) is 1. The molecule has 4 heteroatoms. The molecule has 0 aromatic carbocycles. The Hall–Kier alpha value is -0.610. The van der Waals surface area contributed by atoms with Gasteiger partial charge in [0, 0.05) is 7.11 Å². The Labute approximate surface area is 79.8 Å². The van der Waals surface area contributed by atoms with Gasteiger partial charge in [0.1, 0.15) is 0 Å². The number of nitrogens with two attached hydrogens (primary N) is 1. The Morgan fingerprint density at radius 3 is 2.31 bits per heavy atom. The zero-order chi connectivity index (χ0) is 10.4. The molecule has 0 aromatic rings. The molecular weight excluding hydrogens is 168 g/mol. The van der Waals surface area contributed by atoms with E-state index in [9.17, 15) is 4.79 Å². The van der Waals surface area contributed by atoms with Gasteiger partial charge in [0.2, 0.25) is 5.91 Å². The maximum atomic E-state index is 11.2. The summed E-state index contributed by atoms with van der Waals surface area (Å²) in [6, 6.07) is -0.415. The summed E-state index contributed by atoms with van der Waals surface area (Å²) in [5.74, 6) is 0.221. The zero-order valence-electron chi connectivity index (χ0n) is 8.83. The molecule has 0 heterocycles. The zero-order valence-corrected chi connectivity index (χ0v) is 8.83. The lowest BCUT2D eigenvalue weighted by molar-refractivity contribution is -0.123. The van der Waals surface area contributed by atoms with Gasteiger partial charge in [-0.1, -0.05) is 13.8 Å². The molecule has 0 rings (SSSR count). The predicted molar refractivity (Wildman–Crippen MR) is 52.3 cm³/mol. The van der Waals surface area contributed by atoms with Crippen molar-refractivity contribution in [3.05, 3.63) is 0 Å². The van der Waals surface area contributed by atoms with Crippen LogP contribution in [0.4, 0.5) is 0 Å². The van der Waals surface area contributed by atoms with Crippen LogP contribution in [-0.2, 0) is 9.53 Å². The standard InChI is InChI=1S/C9H20N2O2/c1-6(2)8(5-13-4)11-9(12)7(3)10/h6-8H,5,10H2,1-4H3,(H,11,12)/t7-,8?/m1/s1. The summed E-state index contributed by atoms with van der Waals surface area (Å²) in [6.45, 7) is 6.26. The van der Waals surface area contributed by atoms with E-state index >= 15 is 0 Å². The first-order valence-electron chi connectivity index (χ1n) is 4.54. The summed E-state index contributed by atoms with van der Waals surface area (Å²) < 4.78 is 4.99. The lowest BCUT2D eigenvalue weighted by atomic mass is 10.1. The summed E-state index contributed by atoms with van der Waals surface area (Å²) in [5, 5.41) is 2.83. The molecule has 0 spiro atoms. The summed E-state index contributed by atoms with van der Waals surface area (Å²) >= 11 is 0. The third kappa shape index (κ3) is 4.85. The van der Waals surface area contributed by atoms with E-state index in [1.54, 1.807) is 14.0 Å². The number of hydrogen-bond acceptors (Lipinski definition) is 3.